The summed E-state index contributed by atoms with van der Waals surface area (Å²) in [5, 5.41) is 9.11. The van der Waals surface area contributed by atoms with Gasteiger partial charge in [0.15, 0.2) is 0 Å². The first kappa shape index (κ1) is 19.9. The number of nitrogens with one attached hydrogen (secondary N) is 3. The fraction of sp³-hybridized carbons (Fsp3) is 0.609. The Morgan fingerprint density at radius 2 is 1.79 bits per heavy atom. The Morgan fingerprint density at radius 3 is 2.45 bits per heavy atom. The third kappa shape index (κ3) is 4.02. The lowest BCUT2D eigenvalue weighted by molar-refractivity contribution is -0.133. The Morgan fingerprint density at radius 1 is 1.10 bits per heavy atom. The van der Waals surface area contributed by atoms with Crippen LogP contribution in [0.3, 0.4) is 0 Å². The van der Waals surface area contributed by atoms with Crippen LogP contribution < -0.4 is 16.0 Å². The molecule has 3 aliphatic carbocycles. The van der Waals surface area contributed by atoms with E-state index in [1.54, 1.807) is 0 Å². The maximum absolute atomic E-state index is 12.9. The summed E-state index contributed by atoms with van der Waals surface area (Å²) in [6.45, 7) is 5.35. The number of rotatable bonds is 6. The fourth-order valence-electron chi connectivity index (χ4n) is 4.72. The molecule has 0 saturated heterocycles. The van der Waals surface area contributed by atoms with Crippen LogP contribution in [0.4, 0.5) is 0 Å². The highest BCUT2D eigenvalue weighted by Gasteiger charge is 2.55. The highest BCUT2D eigenvalue weighted by molar-refractivity contribution is 5.84. The number of hydrogen-bond donors (Lipinski definition) is 3. The maximum atomic E-state index is 12.9. The van der Waals surface area contributed by atoms with Gasteiger partial charge in [-0.05, 0) is 62.5 Å². The fourth-order valence-corrected chi connectivity index (χ4v) is 4.72. The lowest BCUT2D eigenvalue weighted by atomic mass is 9.71. The van der Waals surface area contributed by atoms with Crippen molar-refractivity contribution in [3.63, 3.8) is 0 Å². The van der Waals surface area contributed by atoms with Crippen molar-refractivity contribution in [2.45, 2.75) is 65.0 Å². The van der Waals surface area contributed by atoms with Crippen molar-refractivity contribution >= 4 is 17.7 Å². The predicted octanol–water partition coefficient (Wildman–Crippen LogP) is 2.24. The standard InChI is InChI=1S/C23H31N3O3/c1-14(27)24-13-22(2,3)21(29)25-18-10-15-6-4-5-7-17(15)19(18)26-20(28)16-11-23(12-16)8-9-23/h4-7,16,18-19H,8-13H2,1-3H3,(H,24,27)(H,25,29)(H,26,28)/t18-,19-/m1/s1. The van der Waals surface area contributed by atoms with Crippen molar-refractivity contribution in [3.8, 4) is 0 Å². The summed E-state index contributed by atoms with van der Waals surface area (Å²) in [6.07, 6.45) is 5.25. The van der Waals surface area contributed by atoms with E-state index in [4.69, 9.17) is 0 Å². The van der Waals surface area contributed by atoms with Gasteiger partial charge in [0.25, 0.3) is 0 Å². The molecule has 0 bridgehead atoms. The monoisotopic (exact) mass is 397 g/mol. The number of carbonyl (C=O) groups excluding carboxylic acids is 3. The molecule has 3 amide bonds. The predicted molar refractivity (Wildman–Crippen MR) is 110 cm³/mol. The van der Waals surface area contributed by atoms with Gasteiger partial charge in [0.1, 0.15) is 0 Å². The van der Waals surface area contributed by atoms with E-state index in [2.05, 4.69) is 22.0 Å². The summed E-state index contributed by atoms with van der Waals surface area (Å²) in [5.41, 5.74) is 2.00. The number of fused-ring (bicyclic) bond motifs is 1. The summed E-state index contributed by atoms with van der Waals surface area (Å²) >= 11 is 0. The molecule has 1 aromatic carbocycles. The molecule has 2 saturated carbocycles. The van der Waals surface area contributed by atoms with Gasteiger partial charge in [-0.3, -0.25) is 14.4 Å². The van der Waals surface area contributed by atoms with E-state index >= 15 is 0 Å². The second-order valence-electron chi connectivity index (χ2n) is 9.87. The molecule has 156 valence electrons. The summed E-state index contributed by atoms with van der Waals surface area (Å²) in [5.74, 6) is -0.0547. The van der Waals surface area contributed by atoms with E-state index in [0.717, 1.165) is 24.0 Å². The minimum atomic E-state index is -0.735. The molecule has 2 atom stereocenters. The molecule has 2 fully saturated rings. The minimum Gasteiger partial charge on any atom is -0.355 e. The molecule has 6 heteroatoms. The van der Waals surface area contributed by atoms with Crippen LogP contribution in [0.15, 0.2) is 24.3 Å². The number of amides is 3. The molecule has 1 spiro atoms. The molecule has 0 unspecified atom stereocenters. The molecule has 4 rings (SSSR count). The Kier molecular flexibility index (Phi) is 4.91. The Balaban J connectivity index is 1.44. The Labute approximate surface area is 172 Å². The third-order valence-electron chi connectivity index (χ3n) is 6.93. The SMILES string of the molecule is CC(=O)NCC(C)(C)C(=O)N[C@@H]1Cc2ccccc2[C@H]1NC(=O)C1CC2(CC2)C1. The van der Waals surface area contributed by atoms with Gasteiger partial charge in [-0.25, -0.2) is 0 Å². The number of benzene rings is 1. The van der Waals surface area contributed by atoms with Gasteiger partial charge < -0.3 is 16.0 Å². The Hall–Kier alpha value is -2.37. The van der Waals surface area contributed by atoms with E-state index in [-0.39, 0.29) is 42.3 Å². The maximum Gasteiger partial charge on any atom is 0.227 e. The van der Waals surface area contributed by atoms with Crippen molar-refractivity contribution < 1.29 is 14.4 Å². The highest BCUT2D eigenvalue weighted by atomic mass is 16.2. The average Bonchev–Trinajstić information content (AvgIpc) is 3.38. The van der Waals surface area contributed by atoms with Crippen molar-refractivity contribution in [2.75, 3.05) is 6.54 Å². The van der Waals surface area contributed by atoms with Crippen molar-refractivity contribution in [3.05, 3.63) is 35.4 Å². The van der Waals surface area contributed by atoms with Crippen LogP contribution in [0.2, 0.25) is 0 Å². The molecule has 0 aromatic heterocycles. The second-order valence-corrected chi connectivity index (χ2v) is 9.87. The van der Waals surface area contributed by atoms with Gasteiger partial charge >= 0.3 is 0 Å². The molecule has 3 N–H and O–H groups in total. The molecule has 6 nitrogen and oxygen atoms in total. The number of hydrogen-bond acceptors (Lipinski definition) is 3. The molecule has 29 heavy (non-hydrogen) atoms. The first-order valence-electron chi connectivity index (χ1n) is 10.6. The molecular weight excluding hydrogens is 366 g/mol. The Bertz CT molecular complexity index is 836. The van der Waals surface area contributed by atoms with Gasteiger partial charge in [-0.2, -0.15) is 0 Å². The van der Waals surface area contributed by atoms with E-state index in [9.17, 15) is 14.4 Å². The highest BCUT2D eigenvalue weighted by Crippen LogP contribution is 2.63. The average molecular weight is 398 g/mol. The normalized spacial score (nSPS) is 24.4. The summed E-state index contributed by atoms with van der Waals surface area (Å²) in [7, 11) is 0. The molecule has 0 heterocycles. The van der Waals surface area contributed by atoms with Crippen LogP contribution in [0.5, 0.6) is 0 Å². The van der Waals surface area contributed by atoms with E-state index in [0.29, 0.717) is 11.8 Å². The topological polar surface area (TPSA) is 87.3 Å². The first-order valence-corrected chi connectivity index (χ1v) is 10.6. The molecule has 0 radical (unpaired) electrons. The second kappa shape index (κ2) is 7.15. The summed E-state index contributed by atoms with van der Waals surface area (Å²) in [4.78, 5) is 37.0. The molecule has 0 aliphatic heterocycles. The molecule has 3 aliphatic rings. The zero-order valence-corrected chi connectivity index (χ0v) is 17.5. The van der Waals surface area contributed by atoms with Crippen LogP contribution in [-0.4, -0.2) is 30.3 Å². The summed E-state index contributed by atoms with van der Waals surface area (Å²) < 4.78 is 0. The minimum absolute atomic E-state index is 0.109. The smallest absolute Gasteiger partial charge is 0.227 e. The number of carbonyl (C=O) groups is 3. The summed E-state index contributed by atoms with van der Waals surface area (Å²) in [6, 6.07) is 7.67. The van der Waals surface area contributed by atoms with E-state index in [1.165, 1.54) is 19.8 Å². The first-order chi connectivity index (χ1) is 13.7. The zero-order valence-electron chi connectivity index (χ0n) is 17.5. The van der Waals surface area contributed by atoms with Gasteiger partial charge in [-0.15, -0.1) is 0 Å². The van der Waals surface area contributed by atoms with Crippen LogP contribution in [0.25, 0.3) is 0 Å². The lowest BCUT2D eigenvalue weighted by Gasteiger charge is -2.36. The zero-order chi connectivity index (χ0) is 20.8. The van der Waals surface area contributed by atoms with Gasteiger partial charge in [-0.1, -0.05) is 24.3 Å². The lowest BCUT2D eigenvalue weighted by Crippen LogP contribution is -2.52. The van der Waals surface area contributed by atoms with Crippen molar-refractivity contribution in [1.29, 1.82) is 0 Å². The molecule has 1 aromatic rings. The van der Waals surface area contributed by atoms with Gasteiger partial charge in [0.05, 0.1) is 17.5 Å². The van der Waals surface area contributed by atoms with Crippen LogP contribution >= 0.6 is 0 Å². The van der Waals surface area contributed by atoms with E-state index < -0.39 is 5.41 Å². The van der Waals surface area contributed by atoms with E-state index in [1.807, 2.05) is 32.0 Å². The van der Waals surface area contributed by atoms with Crippen LogP contribution in [-0.2, 0) is 20.8 Å². The van der Waals surface area contributed by atoms with Gasteiger partial charge in [0.2, 0.25) is 17.7 Å². The van der Waals surface area contributed by atoms with Gasteiger partial charge in [0, 0.05) is 19.4 Å². The largest absolute Gasteiger partial charge is 0.355 e. The van der Waals surface area contributed by atoms with Crippen LogP contribution in [0, 0.1) is 16.7 Å². The third-order valence-corrected chi connectivity index (χ3v) is 6.93. The molecular formula is C23H31N3O3. The van der Waals surface area contributed by atoms with Crippen LogP contribution in [0.1, 0.15) is 63.6 Å². The van der Waals surface area contributed by atoms with Crippen molar-refractivity contribution in [1.82, 2.24) is 16.0 Å². The quantitative estimate of drug-likeness (QED) is 0.688. The van der Waals surface area contributed by atoms with Crippen molar-refractivity contribution in [2.24, 2.45) is 16.7 Å².